The van der Waals surface area contributed by atoms with Crippen LogP contribution in [0.15, 0.2) is 24.3 Å². The van der Waals surface area contributed by atoms with Gasteiger partial charge in [0.15, 0.2) is 0 Å². The molecule has 1 aliphatic carbocycles. The Morgan fingerprint density at radius 1 is 1.37 bits per heavy atom. The topological polar surface area (TPSA) is 93.7 Å². The average molecular weight is 411 g/mol. The van der Waals surface area contributed by atoms with Crippen LogP contribution in [0.1, 0.15) is 37.8 Å². The number of rotatable bonds is 5. The van der Waals surface area contributed by atoms with Gasteiger partial charge in [0.2, 0.25) is 11.8 Å². The number of amides is 2. The van der Waals surface area contributed by atoms with Crippen molar-refractivity contribution in [3.8, 4) is 6.07 Å². The Morgan fingerprint density at radius 3 is 2.87 bits per heavy atom. The van der Waals surface area contributed by atoms with Crippen molar-refractivity contribution < 1.29 is 14.0 Å². The SMILES string of the molecule is CC(c1cccc(F)c1)N1C(=O)[C@@H]2C[C@@H]1CN2CC(N)C(=O)N1C(C#N)C[C@@H]2C[C@@H]21. The van der Waals surface area contributed by atoms with E-state index in [1.54, 1.807) is 11.0 Å². The zero-order valence-corrected chi connectivity index (χ0v) is 16.9. The first-order chi connectivity index (χ1) is 14.4. The number of fused-ring (bicyclic) bond motifs is 3. The number of piperazine rings is 1. The maximum absolute atomic E-state index is 13.6. The van der Waals surface area contributed by atoms with E-state index in [2.05, 4.69) is 6.07 Å². The van der Waals surface area contributed by atoms with Crippen molar-refractivity contribution in [2.75, 3.05) is 13.1 Å². The predicted molar refractivity (Wildman–Crippen MR) is 106 cm³/mol. The second-order valence-electron chi connectivity index (χ2n) is 9.13. The molecule has 3 heterocycles. The number of halogens is 1. The molecule has 1 aromatic rings. The molecule has 1 saturated carbocycles. The summed E-state index contributed by atoms with van der Waals surface area (Å²) in [5.74, 6) is -0.0152. The van der Waals surface area contributed by atoms with Gasteiger partial charge in [0, 0.05) is 25.2 Å². The van der Waals surface area contributed by atoms with Crippen LogP contribution in [0.2, 0.25) is 0 Å². The van der Waals surface area contributed by atoms with Crippen LogP contribution in [0.4, 0.5) is 4.39 Å². The molecule has 7 nitrogen and oxygen atoms in total. The van der Waals surface area contributed by atoms with Gasteiger partial charge in [0.05, 0.1) is 24.2 Å². The molecule has 0 aromatic heterocycles. The molecule has 158 valence electrons. The van der Waals surface area contributed by atoms with Crippen molar-refractivity contribution >= 4 is 11.8 Å². The van der Waals surface area contributed by atoms with Gasteiger partial charge in [-0.15, -0.1) is 0 Å². The summed E-state index contributed by atoms with van der Waals surface area (Å²) in [4.78, 5) is 31.5. The summed E-state index contributed by atoms with van der Waals surface area (Å²) in [6.07, 6.45) is 2.42. The molecular formula is C22H26FN5O2. The first-order valence-electron chi connectivity index (χ1n) is 10.7. The fourth-order valence-electron chi connectivity index (χ4n) is 5.74. The minimum absolute atomic E-state index is 0.0148. The number of carbonyl (C=O) groups is 2. The van der Waals surface area contributed by atoms with E-state index in [-0.39, 0.29) is 47.8 Å². The lowest BCUT2D eigenvalue weighted by Crippen LogP contribution is -2.57. The van der Waals surface area contributed by atoms with Crippen LogP contribution in [-0.4, -0.2) is 69.8 Å². The van der Waals surface area contributed by atoms with Gasteiger partial charge in [-0.05, 0) is 49.8 Å². The average Bonchev–Trinajstić information content (AvgIpc) is 3.06. The number of benzene rings is 1. The molecule has 5 rings (SSSR count). The van der Waals surface area contributed by atoms with Crippen LogP contribution in [0.5, 0.6) is 0 Å². The van der Waals surface area contributed by atoms with Gasteiger partial charge in [-0.2, -0.15) is 5.26 Å². The standard InChI is InChI=1S/C22H26FN5O2/c1-12(13-3-2-4-15(23)5-13)27-17-8-20(22(27)30)26(10-17)11-18(25)21(29)28-16(9-24)6-14-7-19(14)28/h2-5,12,14,16-20H,6-8,10-11,25H2,1H3/t12?,14-,16?,17-,18?,19+,20+/m1/s1. The molecule has 0 spiro atoms. The van der Waals surface area contributed by atoms with E-state index in [9.17, 15) is 19.2 Å². The van der Waals surface area contributed by atoms with Gasteiger partial charge >= 0.3 is 0 Å². The first kappa shape index (κ1) is 19.5. The molecule has 8 heteroatoms. The number of likely N-dealkylation sites (tertiary alicyclic amines) is 3. The van der Waals surface area contributed by atoms with Crippen molar-refractivity contribution in [1.29, 1.82) is 5.26 Å². The Kier molecular flexibility index (Phi) is 4.56. The highest BCUT2D eigenvalue weighted by Crippen LogP contribution is 2.48. The second-order valence-corrected chi connectivity index (χ2v) is 9.13. The molecule has 4 fully saturated rings. The Labute approximate surface area is 175 Å². The Balaban J connectivity index is 1.24. The van der Waals surface area contributed by atoms with Gasteiger partial charge in [-0.25, -0.2) is 4.39 Å². The highest BCUT2D eigenvalue weighted by Gasteiger charge is 2.56. The Hall–Kier alpha value is -2.50. The van der Waals surface area contributed by atoms with E-state index in [0.29, 0.717) is 25.4 Å². The van der Waals surface area contributed by atoms with Gasteiger partial charge in [0.1, 0.15) is 11.9 Å². The molecule has 7 atom stereocenters. The van der Waals surface area contributed by atoms with Crippen LogP contribution >= 0.6 is 0 Å². The monoisotopic (exact) mass is 411 g/mol. The fraction of sp³-hybridized carbons (Fsp3) is 0.591. The normalized spacial score (nSPS) is 34.1. The quantitative estimate of drug-likeness (QED) is 0.781. The number of nitrogens with two attached hydrogens (primary N) is 1. The third-order valence-corrected chi connectivity index (χ3v) is 7.32. The number of carbonyl (C=O) groups excluding carboxylic acids is 2. The molecule has 1 aromatic carbocycles. The van der Waals surface area contributed by atoms with Crippen LogP contribution in [-0.2, 0) is 9.59 Å². The number of nitrogens with zero attached hydrogens (tertiary/aromatic N) is 4. The number of hydrogen-bond acceptors (Lipinski definition) is 5. The zero-order valence-electron chi connectivity index (χ0n) is 16.9. The lowest BCUT2D eigenvalue weighted by atomic mass is 10.1. The zero-order chi connectivity index (χ0) is 21.2. The van der Waals surface area contributed by atoms with Crippen molar-refractivity contribution in [2.24, 2.45) is 11.7 Å². The number of hydrogen-bond donors (Lipinski definition) is 1. The summed E-state index contributed by atoms with van der Waals surface area (Å²) in [6, 6.07) is 7.22. The predicted octanol–water partition coefficient (Wildman–Crippen LogP) is 1.01. The molecule has 3 unspecified atom stereocenters. The molecule has 2 amide bonds. The maximum Gasteiger partial charge on any atom is 0.242 e. The maximum atomic E-state index is 13.6. The first-order valence-corrected chi connectivity index (χ1v) is 10.7. The van der Waals surface area contributed by atoms with E-state index >= 15 is 0 Å². The van der Waals surface area contributed by atoms with Crippen molar-refractivity contribution in [1.82, 2.24) is 14.7 Å². The summed E-state index contributed by atoms with van der Waals surface area (Å²) < 4.78 is 13.6. The van der Waals surface area contributed by atoms with Crippen LogP contribution in [0, 0.1) is 23.1 Å². The lowest BCUT2D eigenvalue weighted by Gasteiger charge is -2.38. The number of piperidine rings is 1. The van der Waals surface area contributed by atoms with E-state index in [4.69, 9.17) is 5.73 Å². The van der Waals surface area contributed by atoms with Crippen LogP contribution < -0.4 is 5.73 Å². The second kappa shape index (κ2) is 7.03. The highest BCUT2D eigenvalue weighted by molar-refractivity contribution is 5.87. The van der Waals surface area contributed by atoms with Gasteiger partial charge in [-0.3, -0.25) is 14.5 Å². The molecule has 30 heavy (non-hydrogen) atoms. The summed E-state index contributed by atoms with van der Waals surface area (Å²) in [5, 5.41) is 9.33. The molecule has 2 bridgehead atoms. The largest absolute Gasteiger partial charge is 0.330 e. The van der Waals surface area contributed by atoms with E-state index in [0.717, 1.165) is 18.4 Å². The minimum Gasteiger partial charge on any atom is -0.330 e. The summed E-state index contributed by atoms with van der Waals surface area (Å²) in [7, 11) is 0. The Bertz CT molecular complexity index is 932. The molecule has 2 N–H and O–H groups in total. The van der Waals surface area contributed by atoms with E-state index in [1.807, 2.05) is 22.8 Å². The number of nitriles is 1. The third-order valence-electron chi connectivity index (χ3n) is 7.32. The fourth-order valence-corrected chi connectivity index (χ4v) is 5.74. The lowest BCUT2D eigenvalue weighted by molar-refractivity contribution is -0.141. The summed E-state index contributed by atoms with van der Waals surface area (Å²) >= 11 is 0. The Morgan fingerprint density at radius 2 is 2.17 bits per heavy atom. The van der Waals surface area contributed by atoms with Crippen molar-refractivity contribution in [2.45, 2.75) is 62.4 Å². The highest BCUT2D eigenvalue weighted by atomic mass is 19.1. The van der Waals surface area contributed by atoms with Crippen LogP contribution in [0.3, 0.4) is 0 Å². The smallest absolute Gasteiger partial charge is 0.242 e. The third kappa shape index (κ3) is 2.99. The van der Waals surface area contributed by atoms with Crippen LogP contribution in [0.25, 0.3) is 0 Å². The molecular weight excluding hydrogens is 385 g/mol. The summed E-state index contributed by atoms with van der Waals surface area (Å²) in [6.45, 7) is 2.90. The van der Waals surface area contributed by atoms with E-state index in [1.165, 1.54) is 12.1 Å². The minimum atomic E-state index is -0.735. The van der Waals surface area contributed by atoms with E-state index < -0.39 is 6.04 Å². The molecule has 3 saturated heterocycles. The van der Waals surface area contributed by atoms with Crippen molar-refractivity contribution in [3.63, 3.8) is 0 Å². The van der Waals surface area contributed by atoms with Gasteiger partial charge in [-0.1, -0.05) is 12.1 Å². The molecule has 3 aliphatic heterocycles. The van der Waals surface area contributed by atoms with Crippen molar-refractivity contribution in [3.05, 3.63) is 35.6 Å². The van der Waals surface area contributed by atoms with Gasteiger partial charge in [0.25, 0.3) is 0 Å². The molecule has 0 radical (unpaired) electrons. The van der Waals surface area contributed by atoms with Gasteiger partial charge < -0.3 is 15.5 Å². The summed E-state index contributed by atoms with van der Waals surface area (Å²) in [5.41, 5.74) is 7.03. The molecule has 4 aliphatic rings.